The summed E-state index contributed by atoms with van der Waals surface area (Å²) in [7, 11) is 6.10. The smallest absolute Gasteiger partial charge is 0.295 e. The molecule has 2 aromatic rings. The molecule has 188 valence electrons. The summed E-state index contributed by atoms with van der Waals surface area (Å²) in [4.78, 5) is 27.8. The molecule has 1 saturated heterocycles. The molecule has 1 N–H and O–H groups in total. The van der Waals surface area contributed by atoms with Crippen molar-refractivity contribution in [3.63, 3.8) is 0 Å². The number of likely N-dealkylation sites (tertiary alicyclic amines) is 1. The molecule has 8 heteroatoms. The van der Waals surface area contributed by atoms with Gasteiger partial charge in [0.1, 0.15) is 11.5 Å². The van der Waals surface area contributed by atoms with E-state index in [1.165, 1.54) is 26.2 Å². The summed E-state index contributed by atoms with van der Waals surface area (Å²) in [5.41, 5.74) is 1.47. The van der Waals surface area contributed by atoms with Gasteiger partial charge in [-0.1, -0.05) is 32.9 Å². The highest BCUT2D eigenvalue weighted by Gasteiger charge is 2.47. The first-order valence-electron chi connectivity index (χ1n) is 11.3. The normalized spacial score (nSPS) is 17.6. The van der Waals surface area contributed by atoms with Crippen LogP contribution in [0.3, 0.4) is 0 Å². The van der Waals surface area contributed by atoms with E-state index in [1.807, 2.05) is 20.8 Å². The van der Waals surface area contributed by atoms with Crippen molar-refractivity contribution in [3.8, 4) is 17.2 Å². The highest BCUT2D eigenvalue weighted by molar-refractivity contribution is 6.46. The Hall–Kier alpha value is -3.52. The molecule has 1 amide bonds. The van der Waals surface area contributed by atoms with Gasteiger partial charge in [-0.05, 0) is 29.7 Å². The van der Waals surface area contributed by atoms with Gasteiger partial charge in [-0.3, -0.25) is 9.59 Å². The predicted octanol–water partition coefficient (Wildman–Crippen LogP) is 4.08. The van der Waals surface area contributed by atoms with Crippen LogP contribution in [-0.2, 0) is 19.7 Å². The zero-order valence-electron chi connectivity index (χ0n) is 21.3. The Morgan fingerprint density at radius 1 is 0.971 bits per heavy atom. The number of ketones is 1. The Morgan fingerprint density at radius 3 is 2.23 bits per heavy atom. The molecule has 3 rings (SSSR count). The highest BCUT2D eigenvalue weighted by atomic mass is 16.5. The second-order valence-corrected chi connectivity index (χ2v) is 9.23. The number of methoxy groups -OCH3 is 4. The average Bonchev–Trinajstić information content (AvgIpc) is 3.10. The highest BCUT2D eigenvalue weighted by Crippen LogP contribution is 2.46. The minimum atomic E-state index is -0.893. The van der Waals surface area contributed by atoms with Crippen molar-refractivity contribution in [2.24, 2.45) is 0 Å². The lowest BCUT2D eigenvalue weighted by Gasteiger charge is -2.27. The molecule has 0 radical (unpaired) electrons. The minimum absolute atomic E-state index is 0.0253. The predicted molar refractivity (Wildman–Crippen MR) is 132 cm³/mol. The van der Waals surface area contributed by atoms with Gasteiger partial charge in [-0.2, -0.15) is 0 Å². The van der Waals surface area contributed by atoms with Crippen LogP contribution in [0.5, 0.6) is 17.2 Å². The molecule has 1 unspecified atom stereocenters. The van der Waals surface area contributed by atoms with Crippen molar-refractivity contribution < 1.29 is 33.6 Å². The third-order valence-corrected chi connectivity index (χ3v) is 6.09. The number of aliphatic hydroxyl groups is 1. The number of nitrogens with zero attached hydrogens (tertiary/aromatic N) is 1. The summed E-state index contributed by atoms with van der Waals surface area (Å²) in [5.74, 6) is -0.279. The van der Waals surface area contributed by atoms with E-state index in [2.05, 4.69) is 0 Å². The molecule has 0 bridgehead atoms. The van der Waals surface area contributed by atoms with Crippen molar-refractivity contribution in [1.82, 2.24) is 4.90 Å². The third-order valence-electron chi connectivity index (χ3n) is 6.09. The van der Waals surface area contributed by atoms with Gasteiger partial charge in [0.15, 0.2) is 11.5 Å². The van der Waals surface area contributed by atoms with E-state index in [-0.39, 0.29) is 29.9 Å². The molecular weight excluding hydrogens is 450 g/mol. The molecule has 1 aliphatic rings. The maximum Gasteiger partial charge on any atom is 0.295 e. The van der Waals surface area contributed by atoms with E-state index in [0.717, 1.165) is 5.56 Å². The lowest BCUT2D eigenvalue weighted by Crippen LogP contribution is -2.32. The second-order valence-electron chi connectivity index (χ2n) is 9.23. The number of benzene rings is 2. The Labute approximate surface area is 206 Å². The van der Waals surface area contributed by atoms with Gasteiger partial charge >= 0.3 is 0 Å². The minimum Gasteiger partial charge on any atom is -0.507 e. The maximum absolute atomic E-state index is 13.3. The van der Waals surface area contributed by atoms with Crippen molar-refractivity contribution in [3.05, 3.63) is 58.7 Å². The van der Waals surface area contributed by atoms with Gasteiger partial charge in [-0.25, -0.2) is 0 Å². The van der Waals surface area contributed by atoms with E-state index in [9.17, 15) is 14.7 Å². The van der Waals surface area contributed by atoms with Crippen molar-refractivity contribution >= 4 is 17.4 Å². The van der Waals surface area contributed by atoms with Crippen LogP contribution in [0.4, 0.5) is 0 Å². The second kappa shape index (κ2) is 10.4. The molecule has 1 aliphatic heterocycles. The monoisotopic (exact) mass is 483 g/mol. The molecule has 2 aromatic carbocycles. The fourth-order valence-electron chi connectivity index (χ4n) is 4.35. The molecule has 0 aromatic heterocycles. The van der Waals surface area contributed by atoms with Crippen LogP contribution in [0.1, 0.15) is 43.5 Å². The molecule has 35 heavy (non-hydrogen) atoms. The largest absolute Gasteiger partial charge is 0.507 e. The van der Waals surface area contributed by atoms with Gasteiger partial charge < -0.3 is 29.0 Å². The van der Waals surface area contributed by atoms with Gasteiger partial charge in [0.25, 0.3) is 11.7 Å². The lowest BCUT2D eigenvalue weighted by molar-refractivity contribution is -0.140. The quantitative estimate of drug-likeness (QED) is 0.343. The molecule has 1 atom stereocenters. The summed E-state index contributed by atoms with van der Waals surface area (Å²) in [5, 5.41) is 11.5. The Kier molecular flexibility index (Phi) is 7.75. The summed E-state index contributed by atoms with van der Waals surface area (Å²) in [6, 6.07) is 9.54. The topological polar surface area (TPSA) is 94.5 Å². The number of para-hydroxylation sites is 1. The van der Waals surface area contributed by atoms with E-state index in [0.29, 0.717) is 28.4 Å². The average molecular weight is 484 g/mol. The fourth-order valence-corrected chi connectivity index (χ4v) is 4.35. The number of ether oxygens (including phenoxy) is 4. The summed E-state index contributed by atoms with van der Waals surface area (Å²) in [6.07, 6.45) is 0. The van der Waals surface area contributed by atoms with Crippen LogP contribution in [-0.4, -0.2) is 63.3 Å². The molecule has 1 fully saturated rings. The Balaban J connectivity index is 2.29. The van der Waals surface area contributed by atoms with E-state index in [4.69, 9.17) is 18.9 Å². The molecule has 0 aliphatic carbocycles. The Bertz CT molecular complexity index is 1150. The van der Waals surface area contributed by atoms with Gasteiger partial charge in [0.2, 0.25) is 0 Å². The molecule has 0 saturated carbocycles. The number of amides is 1. The number of Topliss-reactive ketones (excluding diaryl/α,β-unsaturated/α-hetero) is 1. The summed E-state index contributed by atoms with van der Waals surface area (Å²) >= 11 is 0. The van der Waals surface area contributed by atoms with Gasteiger partial charge in [-0.15, -0.1) is 0 Å². The third kappa shape index (κ3) is 4.84. The van der Waals surface area contributed by atoms with Crippen LogP contribution < -0.4 is 14.2 Å². The first-order valence-corrected chi connectivity index (χ1v) is 11.3. The molecule has 8 nitrogen and oxygen atoms in total. The number of hydrogen-bond acceptors (Lipinski definition) is 7. The molecule has 1 heterocycles. The Morgan fingerprint density at radius 2 is 1.66 bits per heavy atom. The van der Waals surface area contributed by atoms with E-state index >= 15 is 0 Å². The van der Waals surface area contributed by atoms with Crippen LogP contribution in [0.2, 0.25) is 0 Å². The first kappa shape index (κ1) is 26.1. The van der Waals surface area contributed by atoms with Crippen molar-refractivity contribution in [1.29, 1.82) is 0 Å². The van der Waals surface area contributed by atoms with Crippen LogP contribution in [0, 0.1) is 0 Å². The fraction of sp³-hybridized carbons (Fsp3) is 0.407. The maximum atomic E-state index is 13.3. The van der Waals surface area contributed by atoms with Crippen molar-refractivity contribution in [2.45, 2.75) is 32.2 Å². The van der Waals surface area contributed by atoms with E-state index < -0.39 is 17.7 Å². The van der Waals surface area contributed by atoms with Crippen LogP contribution in [0.15, 0.2) is 42.0 Å². The number of aliphatic hydroxyl groups excluding tert-OH is 1. The van der Waals surface area contributed by atoms with Crippen LogP contribution >= 0.6 is 0 Å². The SMILES string of the molecule is COCCN1C(=O)C(=O)/C(=C(/O)c2ccc(OC)c(C(C)(C)C)c2)C1c1cccc(OC)c1OC. The first-order chi connectivity index (χ1) is 16.6. The molecule has 0 spiro atoms. The standard InChI is InChI=1S/C27H33NO7/c1-27(2,3)18-15-16(11-12-19(18)33-5)23(29)21-22(28(13-14-32-4)26(31)24(21)30)17-9-8-10-20(34-6)25(17)35-7/h8-12,15,22,29H,13-14H2,1-7H3/b23-21+. The van der Waals surface area contributed by atoms with Crippen LogP contribution in [0.25, 0.3) is 5.76 Å². The number of rotatable bonds is 8. The zero-order valence-corrected chi connectivity index (χ0v) is 21.3. The number of hydrogen-bond donors (Lipinski definition) is 1. The van der Waals surface area contributed by atoms with Crippen molar-refractivity contribution in [2.75, 3.05) is 41.6 Å². The zero-order chi connectivity index (χ0) is 25.9. The van der Waals surface area contributed by atoms with Gasteiger partial charge in [0, 0.05) is 30.3 Å². The summed E-state index contributed by atoms with van der Waals surface area (Å²) < 4.78 is 21.7. The lowest BCUT2D eigenvalue weighted by atomic mass is 9.84. The van der Waals surface area contributed by atoms with E-state index in [1.54, 1.807) is 43.5 Å². The number of carbonyl (C=O) groups excluding carboxylic acids is 2. The molecular formula is C27H33NO7. The number of carbonyl (C=O) groups is 2. The summed E-state index contributed by atoms with van der Waals surface area (Å²) in [6.45, 7) is 6.45. The van der Waals surface area contributed by atoms with Gasteiger partial charge in [0.05, 0.1) is 39.6 Å².